The third-order valence-electron chi connectivity index (χ3n) is 5.57. The first kappa shape index (κ1) is 15.6. The minimum Gasteiger partial charge on any atom is -0.361 e. The van der Waals surface area contributed by atoms with Crippen molar-refractivity contribution in [1.82, 2.24) is 20.2 Å². The summed E-state index contributed by atoms with van der Waals surface area (Å²) in [6.07, 6.45) is 8.46. The smallest absolute Gasteiger partial charge is 0.225 e. The third-order valence-corrected chi connectivity index (χ3v) is 5.57. The van der Waals surface area contributed by atoms with Crippen LogP contribution in [-0.2, 0) is 11.3 Å². The summed E-state index contributed by atoms with van der Waals surface area (Å²) in [6, 6.07) is 13.1. The molecule has 2 aliphatic rings. The number of nitrogens with zero attached hydrogens (tertiary/aromatic N) is 2. The molecule has 5 nitrogen and oxygen atoms in total. The molecule has 0 bridgehead atoms. The van der Waals surface area contributed by atoms with Gasteiger partial charge in [-0.05, 0) is 42.2 Å². The van der Waals surface area contributed by atoms with E-state index in [2.05, 4.69) is 50.5 Å². The molecule has 2 fully saturated rings. The van der Waals surface area contributed by atoms with E-state index in [4.69, 9.17) is 0 Å². The number of likely N-dealkylation sites (tertiary alicyclic amines) is 1. The average molecular weight is 346 g/mol. The molecule has 1 saturated heterocycles. The lowest BCUT2D eigenvalue weighted by atomic mass is 10.0. The van der Waals surface area contributed by atoms with Gasteiger partial charge in [0.2, 0.25) is 5.91 Å². The molecule has 1 saturated carbocycles. The zero-order valence-corrected chi connectivity index (χ0v) is 14.6. The fourth-order valence-corrected chi connectivity index (χ4v) is 4.21. The van der Waals surface area contributed by atoms with Crippen LogP contribution in [0.5, 0.6) is 0 Å². The van der Waals surface area contributed by atoms with Crippen molar-refractivity contribution in [3.05, 3.63) is 66.1 Å². The Morgan fingerprint density at radius 2 is 2.12 bits per heavy atom. The molecule has 3 heterocycles. The highest BCUT2D eigenvalue weighted by Crippen LogP contribution is 2.41. The lowest BCUT2D eigenvalue weighted by Crippen LogP contribution is -2.37. The van der Waals surface area contributed by atoms with Gasteiger partial charge < -0.3 is 15.2 Å². The van der Waals surface area contributed by atoms with Crippen molar-refractivity contribution < 1.29 is 4.79 Å². The van der Waals surface area contributed by atoms with Gasteiger partial charge in [0, 0.05) is 54.5 Å². The van der Waals surface area contributed by atoms with Gasteiger partial charge >= 0.3 is 0 Å². The summed E-state index contributed by atoms with van der Waals surface area (Å²) in [7, 11) is 0. The van der Waals surface area contributed by atoms with Gasteiger partial charge in [-0.25, -0.2) is 0 Å². The van der Waals surface area contributed by atoms with Gasteiger partial charge in [-0.15, -0.1) is 0 Å². The summed E-state index contributed by atoms with van der Waals surface area (Å²) < 4.78 is 0. The average Bonchev–Trinajstić information content (AvgIpc) is 3.28. The molecule has 1 aliphatic heterocycles. The zero-order chi connectivity index (χ0) is 17.5. The Labute approximate surface area is 152 Å². The molecule has 1 amide bonds. The van der Waals surface area contributed by atoms with E-state index in [0.717, 1.165) is 30.5 Å². The van der Waals surface area contributed by atoms with Gasteiger partial charge in [0.05, 0.1) is 6.04 Å². The van der Waals surface area contributed by atoms with E-state index >= 15 is 0 Å². The van der Waals surface area contributed by atoms with Crippen LogP contribution < -0.4 is 5.32 Å². The molecule has 2 aromatic heterocycles. The van der Waals surface area contributed by atoms with Gasteiger partial charge in [0.1, 0.15) is 0 Å². The molecule has 2 atom stereocenters. The number of benzene rings is 1. The number of pyridine rings is 1. The lowest BCUT2D eigenvalue weighted by molar-refractivity contribution is -0.129. The number of aromatic amines is 1. The highest BCUT2D eigenvalue weighted by atomic mass is 16.2. The second-order valence-electron chi connectivity index (χ2n) is 7.31. The minimum atomic E-state index is 0.0779. The molecule has 26 heavy (non-hydrogen) atoms. The molecule has 0 unspecified atom stereocenters. The van der Waals surface area contributed by atoms with E-state index in [1.54, 1.807) is 6.20 Å². The summed E-state index contributed by atoms with van der Waals surface area (Å²) in [5, 5.41) is 4.90. The third kappa shape index (κ3) is 2.69. The first-order valence-electron chi connectivity index (χ1n) is 9.31. The van der Waals surface area contributed by atoms with Crippen molar-refractivity contribution in [2.45, 2.75) is 43.9 Å². The molecule has 132 valence electrons. The Morgan fingerprint density at radius 3 is 2.92 bits per heavy atom. The van der Waals surface area contributed by atoms with Gasteiger partial charge in [-0.1, -0.05) is 18.2 Å². The molecule has 5 heteroatoms. The number of hydrogen-bond donors (Lipinski definition) is 2. The Morgan fingerprint density at radius 1 is 1.19 bits per heavy atom. The van der Waals surface area contributed by atoms with Gasteiger partial charge in [0.15, 0.2) is 0 Å². The predicted molar refractivity (Wildman–Crippen MR) is 100 cm³/mol. The number of fused-ring (bicyclic) bond motifs is 1. The fraction of sp³-hybridized carbons (Fsp3) is 0.333. The highest BCUT2D eigenvalue weighted by molar-refractivity contribution is 5.83. The van der Waals surface area contributed by atoms with Crippen molar-refractivity contribution in [3.8, 4) is 0 Å². The van der Waals surface area contributed by atoms with E-state index in [-0.39, 0.29) is 18.0 Å². The second kappa shape index (κ2) is 6.25. The van der Waals surface area contributed by atoms with Crippen molar-refractivity contribution in [2.24, 2.45) is 0 Å². The molecule has 1 aliphatic carbocycles. The zero-order valence-electron chi connectivity index (χ0n) is 14.6. The van der Waals surface area contributed by atoms with Gasteiger partial charge in [0.25, 0.3) is 0 Å². The maximum Gasteiger partial charge on any atom is 0.225 e. The summed E-state index contributed by atoms with van der Waals surface area (Å²) in [5.41, 5.74) is 3.53. The van der Waals surface area contributed by atoms with Crippen molar-refractivity contribution in [1.29, 1.82) is 0 Å². The van der Waals surface area contributed by atoms with E-state index < -0.39 is 0 Å². The topological polar surface area (TPSA) is 61.0 Å². The fourth-order valence-electron chi connectivity index (χ4n) is 4.21. The number of nitrogens with one attached hydrogen (secondary N) is 2. The van der Waals surface area contributed by atoms with Crippen LogP contribution in [0.15, 0.2) is 55.0 Å². The number of carbonyl (C=O) groups is 1. The molecular formula is C21H22N4O. The van der Waals surface area contributed by atoms with Crippen molar-refractivity contribution in [2.75, 3.05) is 0 Å². The lowest BCUT2D eigenvalue weighted by Gasteiger charge is -2.29. The summed E-state index contributed by atoms with van der Waals surface area (Å²) in [6.45, 7) is 0.752. The van der Waals surface area contributed by atoms with E-state index in [0.29, 0.717) is 12.5 Å². The monoisotopic (exact) mass is 346 g/mol. The van der Waals surface area contributed by atoms with Crippen molar-refractivity contribution >= 4 is 16.8 Å². The molecular weight excluding hydrogens is 324 g/mol. The van der Waals surface area contributed by atoms with Crippen LogP contribution in [0, 0.1) is 0 Å². The first-order valence-corrected chi connectivity index (χ1v) is 9.31. The second-order valence-corrected chi connectivity index (χ2v) is 7.31. The number of H-pyrrole nitrogens is 1. The van der Waals surface area contributed by atoms with Gasteiger partial charge in [-0.2, -0.15) is 0 Å². The normalized spacial score (nSPS) is 23.1. The molecule has 5 rings (SSSR count). The summed E-state index contributed by atoms with van der Waals surface area (Å²) >= 11 is 0. The molecule has 0 spiro atoms. The largest absolute Gasteiger partial charge is 0.361 e. The Balaban J connectivity index is 1.41. The summed E-state index contributed by atoms with van der Waals surface area (Å²) in [5.74, 6) is 0.263. The number of aromatic nitrogens is 2. The predicted octanol–water partition coefficient (Wildman–Crippen LogP) is 3.16. The van der Waals surface area contributed by atoms with Crippen LogP contribution in [-0.4, -0.2) is 32.9 Å². The number of amides is 1. The number of hydrogen-bond acceptors (Lipinski definition) is 3. The molecule has 2 N–H and O–H groups in total. The highest BCUT2D eigenvalue weighted by Gasteiger charge is 2.47. The summed E-state index contributed by atoms with van der Waals surface area (Å²) in [4.78, 5) is 22.3. The van der Waals surface area contributed by atoms with Gasteiger partial charge in [-0.3, -0.25) is 9.78 Å². The standard InChI is InChI=1S/C21H22N4O/c26-20-11-19(24-13-14-3-1-5-18-17(14)8-10-23-18)21(25(20)16-6-7-16)15-4-2-9-22-12-15/h1-5,8-10,12,16,19,21,23-24H,6-7,11,13H2/t19-,21+/m1/s1. The SMILES string of the molecule is O=C1C[C@@H](NCc2cccc3[nH]ccc23)[C@H](c2cccnc2)N1C1CC1. The first-order chi connectivity index (χ1) is 12.8. The maximum atomic E-state index is 12.7. The molecule has 1 aromatic carbocycles. The Bertz CT molecular complexity index is 931. The minimum absolute atomic E-state index is 0.0779. The van der Waals surface area contributed by atoms with Crippen LogP contribution in [0.4, 0.5) is 0 Å². The molecule has 3 aromatic rings. The van der Waals surface area contributed by atoms with Crippen LogP contribution in [0.1, 0.15) is 36.4 Å². The quantitative estimate of drug-likeness (QED) is 0.746. The van der Waals surface area contributed by atoms with Crippen LogP contribution in [0.3, 0.4) is 0 Å². The molecule has 0 radical (unpaired) electrons. The maximum absolute atomic E-state index is 12.7. The van der Waals surface area contributed by atoms with E-state index in [9.17, 15) is 4.79 Å². The van der Waals surface area contributed by atoms with Crippen LogP contribution >= 0.6 is 0 Å². The Kier molecular flexibility index (Phi) is 3.75. The van der Waals surface area contributed by atoms with Crippen molar-refractivity contribution in [3.63, 3.8) is 0 Å². The van der Waals surface area contributed by atoms with Crippen LogP contribution in [0.25, 0.3) is 10.9 Å². The van der Waals surface area contributed by atoms with E-state index in [1.807, 2.05) is 18.5 Å². The number of rotatable bonds is 5. The van der Waals surface area contributed by atoms with Crippen LogP contribution in [0.2, 0.25) is 0 Å². The Hall–Kier alpha value is -2.66. The number of carbonyl (C=O) groups excluding carboxylic acids is 1. The van der Waals surface area contributed by atoms with E-state index in [1.165, 1.54) is 10.9 Å².